The van der Waals surface area contributed by atoms with E-state index in [0.717, 1.165) is 0 Å². The van der Waals surface area contributed by atoms with Crippen LogP contribution in [0.3, 0.4) is 0 Å². The molecule has 5 heteroatoms. The van der Waals surface area contributed by atoms with Gasteiger partial charge in [0, 0.05) is 7.05 Å². The zero-order valence-corrected chi connectivity index (χ0v) is 7.17. The van der Waals surface area contributed by atoms with E-state index in [2.05, 4.69) is 10.5 Å². The first-order chi connectivity index (χ1) is 5.70. The smallest absolute Gasteiger partial charge is 0.293 e. The van der Waals surface area contributed by atoms with Crippen molar-refractivity contribution in [3.8, 4) is 5.75 Å². The Kier molecular flexibility index (Phi) is 2.32. The molecule has 0 unspecified atom stereocenters. The molecule has 0 aliphatic carbocycles. The Labute approximate surface area is 69.7 Å². The van der Waals surface area contributed by atoms with Crippen LogP contribution in [0.15, 0.2) is 4.52 Å². The van der Waals surface area contributed by atoms with E-state index in [-0.39, 0.29) is 11.7 Å². The van der Waals surface area contributed by atoms with Crippen molar-refractivity contribution < 1.29 is 14.1 Å². The summed E-state index contributed by atoms with van der Waals surface area (Å²) < 4.78 is 9.67. The van der Waals surface area contributed by atoms with Crippen LogP contribution in [-0.4, -0.2) is 25.2 Å². The van der Waals surface area contributed by atoms with Crippen LogP contribution in [-0.2, 0) is 0 Å². The molecule has 0 aliphatic rings. The number of hydrogen-bond acceptors (Lipinski definition) is 4. The second-order valence-corrected chi connectivity index (χ2v) is 2.21. The highest BCUT2D eigenvalue weighted by molar-refractivity contribution is 5.93. The fraction of sp³-hybridized carbons (Fsp3) is 0.429. The van der Waals surface area contributed by atoms with Crippen LogP contribution in [0, 0.1) is 6.92 Å². The minimum absolute atomic E-state index is 0.109. The number of amides is 1. The maximum absolute atomic E-state index is 11.1. The van der Waals surface area contributed by atoms with E-state index in [0.29, 0.717) is 11.4 Å². The van der Waals surface area contributed by atoms with E-state index in [1.54, 1.807) is 6.92 Å². The van der Waals surface area contributed by atoms with Gasteiger partial charge in [0.25, 0.3) is 11.7 Å². The third-order valence-corrected chi connectivity index (χ3v) is 1.45. The molecule has 5 nitrogen and oxygen atoms in total. The predicted molar refractivity (Wildman–Crippen MR) is 41.2 cm³/mol. The topological polar surface area (TPSA) is 64.4 Å². The molecular weight excluding hydrogens is 160 g/mol. The number of carbonyl (C=O) groups excluding carboxylic acids is 1. The van der Waals surface area contributed by atoms with Crippen molar-refractivity contribution in [3.05, 3.63) is 11.5 Å². The largest absolute Gasteiger partial charge is 0.491 e. The Hall–Kier alpha value is -1.52. The molecule has 1 N–H and O–H groups in total. The third kappa shape index (κ3) is 1.25. The summed E-state index contributed by atoms with van der Waals surface area (Å²) in [7, 11) is 2.98. The number of nitrogens with one attached hydrogen (secondary N) is 1. The number of hydrogen-bond donors (Lipinski definition) is 1. The number of ether oxygens (including phenoxy) is 1. The highest BCUT2D eigenvalue weighted by atomic mass is 16.5. The zero-order valence-electron chi connectivity index (χ0n) is 7.17. The van der Waals surface area contributed by atoms with Crippen LogP contribution in [0.4, 0.5) is 0 Å². The van der Waals surface area contributed by atoms with Gasteiger partial charge in [-0.15, -0.1) is 0 Å². The summed E-state index contributed by atoms with van der Waals surface area (Å²) in [6.07, 6.45) is 0. The van der Waals surface area contributed by atoms with Gasteiger partial charge in [0.05, 0.1) is 7.11 Å². The van der Waals surface area contributed by atoms with Crippen LogP contribution in [0.25, 0.3) is 0 Å². The van der Waals surface area contributed by atoms with E-state index in [9.17, 15) is 4.79 Å². The zero-order chi connectivity index (χ0) is 9.14. The Morgan fingerprint density at radius 2 is 2.33 bits per heavy atom. The van der Waals surface area contributed by atoms with E-state index < -0.39 is 0 Å². The highest BCUT2D eigenvalue weighted by Crippen LogP contribution is 2.21. The Balaban J connectivity index is 3.07. The molecule has 0 saturated heterocycles. The molecule has 66 valence electrons. The minimum atomic E-state index is -0.340. The molecule has 0 radical (unpaired) electrons. The molecule has 0 bridgehead atoms. The van der Waals surface area contributed by atoms with Crippen LogP contribution in [0.2, 0.25) is 0 Å². The van der Waals surface area contributed by atoms with Crippen molar-refractivity contribution in [1.29, 1.82) is 0 Å². The lowest BCUT2D eigenvalue weighted by molar-refractivity contribution is 0.0922. The van der Waals surface area contributed by atoms with Crippen molar-refractivity contribution in [2.45, 2.75) is 6.92 Å². The van der Waals surface area contributed by atoms with E-state index in [1.165, 1.54) is 14.2 Å². The van der Waals surface area contributed by atoms with Crippen LogP contribution in [0.5, 0.6) is 5.75 Å². The molecule has 1 aromatic rings. The van der Waals surface area contributed by atoms with Crippen molar-refractivity contribution in [2.24, 2.45) is 0 Å². The van der Waals surface area contributed by atoms with Gasteiger partial charge < -0.3 is 14.6 Å². The van der Waals surface area contributed by atoms with Gasteiger partial charge in [0.2, 0.25) is 0 Å². The van der Waals surface area contributed by atoms with Crippen molar-refractivity contribution >= 4 is 5.91 Å². The van der Waals surface area contributed by atoms with Gasteiger partial charge in [-0.25, -0.2) is 0 Å². The van der Waals surface area contributed by atoms with Gasteiger partial charge in [0.15, 0.2) is 5.75 Å². The summed E-state index contributed by atoms with van der Waals surface area (Å²) in [5, 5.41) is 6.01. The highest BCUT2D eigenvalue weighted by Gasteiger charge is 2.19. The molecule has 0 aromatic carbocycles. The van der Waals surface area contributed by atoms with E-state index >= 15 is 0 Å². The summed E-state index contributed by atoms with van der Waals surface area (Å²) in [5.41, 5.74) is 0.566. The molecule has 1 rings (SSSR count). The summed E-state index contributed by atoms with van der Waals surface area (Å²) in [6.45, 7) is 1.70. The average Bonchev–Trinajstić information content (AvgIpc) is 2.45. The second-order valence-electron chi connectivity index (χ2n) is 2.21. The number of aryl methyl sites for hydroxylation is 1. The normalized spacial score (nSPS) is 9.58. The first-order valence-electron chi connectivity index (χ1n) is 3.43. The van der Waals surface area contributed by atoms with Crippen LogP contribution >= 0.6 is 0 Å². The standard InChI is InChI=1S/C7H10N2O3/c1-4-5(11-3)6(12-9-4)7(10)8-2/h1-3H3,(H,8,10). The minimum Gasteiger partial charge on any atom is -0.491 e. The maximum atomic E-state index is 11.1. The van der Waals surface area contributed by atoms with Gasteiger partial charge in [-0.3, -0.25) is 4.79 Å². The summed E-state index contributed by atoms with van der Waals surface area (Å²) in [6, 6.07) is 0. The summed E-state index contributed by atoms with van der Waals surface area (Å²) in [4.78, 5) is 11.1. The van der Waals surface area contributed by atoms with Gasteiger partial charge in [-0.05, 0) is 6.92 Å². The molecule has 0 fully saturated rings. The first kappa shape index (κ1) is 8.58. The van der Waals surface area contributed by atoms with Gasteiger partial charge in [0.1, 0.15) is 5.69 Å². The lowest BCUT2D eigenvalue weighted by atomic mass is 10.3. The number of rotatable bonds is 2. The fourth-order valence-corrected chi connectivity index (χ4v) is 0.860. The van der Waals surface area contributed by atoms with Crippen LogP contribution in [0.1, 0.15) is 16.2 Å². The van der Waals surface area contributed by atoms with Crippen molar-refractivity contribution in [1.82, 2.24) is 10.5 Å². The van der Waals surface area contributed by atoms with Gasteiger partial charge >= 0.3 is 0 Å². The molecule has 1 heterocycles. The Morgan fingerprint density at radius 3 is 2.83 bits per heavy atom. The molecule has 0 saturated carbocycles. The number of carbonyl (C=O) groups is 1. The quantitative estimate of drug-likeness (QED) is 0.695. The first-order valence-corrected chi connectivity index (χ1v) is 3.43. The third-order valence-electron chi connectivity index (χ3n) is 1.45. The molecule has 12 heavy (non-hydrogen) atoms. The fourth-order valence-electron chi connectivity index (χ4n) is 0.860. The average molecular weight is 170 g/mol. The molecule has 0 atom stereocenters. The number of nitrogens with zero attached hydrogens (tertiary/aromatic N) is 1. The van der Waals surface area contributed by atoms with Gasteiger partial charge in [-0.2, -0.15) is 0 Å². The van der Waals surface area contributed by atoms with Gasteiger partial charge in [-0.1, -0.05) is 5.16 Å². The lowest BCUT2D eigenvalue weighted by Gasteiger charge is -1.97. The molecule has 1 aromatic heterocycles. The van der Waals surface area contributed by atoms with Crippen LogP contribution < -0.4 is 10.1 Å². The Bertz CT molecular complexity index is 293. The summed E-state index contributed by atoms with van der Waals surface area (Å²) in [5.74, 6) is 0.152. The monoisotopic (exact) mass is 170 g/mol. The summed E-state index contributed by atoms with van der Waals surface area (Å²) >= 11 is 0. The van der Waals surface area contributed by atoms with E-state index in [4.69, 9.17) is 9.26 Å². The molecule has 0 aliphatic heterocycles. The molecular formula is C7H10N2O3. The maximum Gasteiger partial charge on any atom is 0.293 e. The second kappa shape index (κ2) is 3.25. The molecule has 0 spiro atoms. The Morgan fingerprint density at radius 1 is 1.67 bits per heavy atom. The predicted octanol–water partition coefficient (Wildman–Crippen LogP) is 0.351. The number of methoxy groups -OCH3 is 1. The van der Waals surface area contributed by atoms with Crippen molar-refractivity contribution in [3.63, 3.8) is 0 Å². The lowest BCUT2D eigenvalue weighted by Crippen LogP contribution is -2.17. The van der Waals surface area contributed by atoms with E-state index in [1.807, 2.05) is 0 Å². The molecule has 1 amide bonds. The SMILES string of the molecule is CNC(=O)c1onc(C)c1OC. The number of aromatic nitrogens is 1. The van der Waals surface area contributed by atoms with Crippen molar-refractivity contribution in [2.75, 3.05) is 14.2 Å².